The Bertz CT molecular complexity index is 763. The fraction of sp³-hybridized carbons (Fsp3) is 0.0435. The number of hydrogen-bond donors (Lipinski definition) is 0. The molecular formula is C23H19Cl. The summed E-state index contributed by atoms with van der Waals surface area (Å²) in [6.07, 6.45) is 8.51. The van der Waals surface area contributed by atoms with Gasteiger partial charge < -0.3 is 0 Å². The summed E-state index contributed by atoms with van der Waals surface area (Å²) in [5.41, 5.74) is 5.82. The highest BCUT2D eigenvalue weighted by molar-refractivity contribution is 6.17. The first-order valence-corrected chi connectivity index (χ1v) is 8.53. The van der Waals surface area contributed by atoms with Crippen molar-refractivity contribution >= 4 is 35.9 Å². The van der Waals surface area contributed by atoms with Crippen LogP contribution in [0.1, 0.15) is 27.8 Å². The van der Waals surface area contributed by atoms with Gasteiger partial charge in [0.15, 0.2) is 0 Å². The van der Waals surface area contributed by atoms with E-state index < -0.39 is 0 Å². The van der Waals surface area contributed by atoms with Crippen LogP contribution in [0, 0.1) is 0 Å². The minimum absolute atomic E-state index is 0.513. The average Bonchev–Trinajstić information content (AvgIpc) is 2.66. The van der Waals surface area contributed by atoms with Crippen molar-refractivity contribution in [1.29, 1.82) is 0 Å². The smallest absolute Gasteiger partial charge is 0.0474 e. The second kappa shape index (κ2) is 8.33. The van der Waals surface area contributed by atoms with Crippen LogP contribution in [-0.4, -0.2) is 0 Å². The highest BCUT2D eigenvalue weighted by Gasteiger charge is 1.97. The molecule has 0 aliphatic heterocycles. The maximum Gasteiger partial charge on any atom is 0.0474 e. The maximum atomic E-state index is 6.06. The molecule has 0 unspecified atom stereocenters. The zero-order valence-electron chi connectivity index (χ0n) is 13.4. The molecule has 0 saturated carbocycles. The van der Waals surface area contributed by atoms with Crippen molar-refractivity contribution in [2.45, 2.75) is 5.88 Å². The molecule has 24 heavy (non-hydrogen) atoms. The lowest BCUT2D eigenvalue weighted by Gasteiger charge is -2.03. The van der Waals surface area contributed by atoms with Gasteiger partial charge in [0.25, 0.3) is 0 Å². The predicted molar refractivity (Wildman–Crippen MR) is 107 cm³/mol. The van der Waals surface area contributed by atoms with E-state index in [1.165, 1.54) is 11.1 Å². The predicted octanol–water partition coefficient (Wildman–Crippen LogP) is 6.77. The van der Waals surface area contributed by atoms with Crippen LogP contribution in [-0.2, 0) is 5.88 Å². The molecule has 3 aromatic carbocycles. The van der Waals surface area contributed by atoms with Crippen LogP contribution in [0.25, 0.3) is 24.3 Å². The molecule has 0 atom stereocenters. The van der Waals surface area contributed by atoms with E-state index in [-0.39, 0.29) is 0 Å². The van der Waals surface area contributed by atoms with E-state index in [0.717, 1.165) is 16.7 Å². The molecule has 0 aliphatic rings. The molecule has 0 bridgehead atoms. The van der Waals surface area contributed by atoms with Gasteiger partial charge in [-0.15, -0.1) is 11.6 Å². The molecule has 0 radical (unpaired) electrons. The molecule has 0 N–H and O–H groups in total. The standard InChI is InChI=1S/C23H19Cl/c24-18-23-16-21(13-11-19-7-3-1-4-8-19)15-22(17-23)14-12-20-9-5-2-6-10-20/h1-17H,18H2/b13-11+,14-12+. The maximum absolute atomic E-state index is 6.06. The van der Waals surface area contributed by atoms with Gasteiger partial charge in [-0.2, -0.15) is 0 Å². The molecular weight excluding hydrogens is 312 g/mol. The first-order chi connectivity index (χ1) is 11.8. The number of hydrogen-bond acceptors (Lipinski definition) is 0. The van der Waals surface area contributed by atoms with Gasteiger partial charge >= 0.3 is 0 Å². The Balaban J connectivity index is 1.85. The van der Waals surface area contributed by atoms with Gasteiger partial charge in [-0.05, 0) is 33.9 Å². The molecule has 3 aromatic rings. The largest absolute Gasteiger partial charge is 0.122 e. The highest BCUT2D eigenvalue weighted by atomic mass is 35.5. The van der Waals surface area contributed by atoms with Crippen LogP contribution in [0.4, 0.5) is 0 Å². The molecule has 0 nitrogen and oxygen atoms in total. The van der Waals surface area contributed by atoms with Gasteiger partial charge in [-0.1, -0.05) is 97.1 Å². The van der Waals surface area contributed by atoms with Gasteiger partial charge in [-0.25, -0.2) is 0 Å². The topological polar surface area (TPSA) is 0 Å². The van der Waals surface area contributed by atoms with Crippen LogP contribution in [0.3, 0.4) is 0 Å². The van der Waals surface area contributed by atoms with Gasteiger partial charge in [0.2, 0.25) is 0 Å². The van der Waals surface area contributed by atoms with Crippen molar-refractivity contribution in [1.82, 2.24) is 0 Å². The van der Waals surface area contributed by atoms with Crippen molar-refractivity contribution in [2.24, 2.45) is 0 Å². The fourth-order valence-corrected chi connectivity index (χ4v) is 2.68. The lowest BCUT2D eigenvalue weighted by atomic mass is 10.0. The molecule has 0 aliphatic carbocycles. The van der Waals surface area contributed by atoms with E-state index in [1.54, 1.807) is 0 Å². The molecule has 0 aromatic heterocycles. The highest BCUT2D eigenvalue weighted by Crippen LogP contribution is 2.17. The minimum Gasteiger partial charge on any atom is -0.122 e. The SMILES string of the molecule is ClCc1cc(/C=C/c2ccccc2)cc(/C=C/c2ccccc2)c1. The normalized spacial score (nSPS) is 11.4. The molecule has 1 heteroatoms. The third-order valence-electron chi connectivity index (χ3n) is 3.73. The molecule has 0 saturated heterocycles. The lowest BCUT2D eigenvalue weighted by molar-refractivity contribution is 1.38. The summed E-state index contributed by atoms with van der Waals surface area (Å²) in [4.78, 5) is 0. The molecule has 0 amide bonds. The zero-order valence-corrected chi connectivity index (χ0v) is 14.2. The summed E-state index contributed by atoms with van der Waals surface area (Å²) in [5, 5.41) is 0. The Kier molecular flexibility index (Phi) is 5.65. The minimum atomic E-state index is 0.513. The summed E-state index contributed by atoms with van der Waals surface area (Å²) in [6, 6.07) is 27.0. The fourth-order valence-electron chi connectivity index (χ4n) is 2.53. The summed E-state index contributed by atoms with van der Waals surface area (Å²) in [6.45, 7) is 0. The quantitative estimate of drug-likeness (QED) is 0.358. The summed E-state index contributed by atoms with van der Waals surface area (Å²) in [5.74, 6) is 0.513. The third-order valence-corrected chi connectivity index (χ3v) is 4.04. The van der Waals surface area contributed by atoms with Crippen molar-refractivity contribution in [3.63, 3.8) is 0 Å². The van der Waals surface area contributed by atoms with Crippen molar-refractivity contribution in [3.8, 4) is 0 Å². The Labute approximate surface area is 148 Å². The van der Waals surface area contributed by atoms with E-state index in [2.05, 4.69) is 66.8 Å². The summed E-state index contributed by atoms with van der Waals surface area (Å²) < 4.78 is 0. The summed E-state index contributed by atoms with van der Waals surface area (Å²) >= 11 is 6.06. The molecule has 0 spiro atoms. The lowest BCUT2D eigenvalue weighted by Crippen LogP contribution is -1.84. The van der Waals surface area contributed by atoms with Crippen LogP contribution in [0.15, 0.2) is 78.9 Å². The second-order valence-electron chi connectivity index (χ2n) is 5.63. The zero-order chi connectivity index (χ0) is 16.6. The molecule has 0 fully saturated rings. The van der Waals surface area contributed by atoms with Gasteiger partial charge in [-0.3, -0.25) is 0 Å². The molecule has 118 valence electrons. The first-order valence-electron chi connectivity index (χ1n) is 8.00. The Hall–Kier alpha value is -2.57. The Morgan fingerprint density at radius 3 is 1.38 bits per heavy atom. The monoisotopic (exact) mass is 330 g/mol. The number of rotatable bonds is 5. The van der Waals surface area contributed by atoms with Gasteiger partial charge in [0.05, 0.1) is 0 Å². The van der Waals surface area contributed by atoms with E-state index in [0.29, 0.717) is 5.88 Å². The van der Waals surface area contributed by atoms with Crippen molar-refractivity contribution < 1.29 is 0 Å². The Morgan fingerprint density at radius 1 is 0.542 bits per heavy atom. The van der Waals surface area contributed by atoms with Crippen molar-refractivity contribution in [2.75, 3.05) is 0 Å². The van der Waals surface area contributed by atoms with E-state index in [4.69, 9.17) is 11.6 Å². The number of halogens is 1. The van der Waals surface area contributed by atoms with Crippen LogP contribution in [0.2, 0.25) is 0 Å². The molecule has 0 heterocycles. The number of alkyl halides is 1. The van der Waals surface area contributed by atoms with Crippen molar-refractivity contribution in [3.05, 3.63) is 107 Å². The van der Waals surface area contributed by atoms with E-state index >= 15 is 0 Å². The van der Waals surface area contributed by atoms with Gasteiger partial charge in [0.1, 0.15) is 0 Å². The van der Waals surface area contributed by atoms with Crippen LogP contribution < -0.4 is 0 Å². The van der Waals surface area contributed by atoms with Crippen LogP contribution >= 0.6 is 11.6 Å². The second-order valence-corrected chi connectivity index (χ2v) is 5.90. The summed E-state index contributed by atoms with van der Waals surface area (Å²) in [7, 11) is 0. The van der Waals surface area contributed by atoms with E-state index in [9.17, 15) is 0 Å². The van der Waals surface area contributed by atoms with Crippen LogP contribution in [0.5, 0.6) is 0 Å². The number of benzene rings is 3. The third kappa shape index (κ3) is 4.71. The first kappa shape index (κ1) is 16.3. The van der Waals surface area contributed by atoms with Gasteiger partial charge in [0, 0.05) is 5.88 Å². The average molecular weight is 331 g/mol. The molecule has 3 rings (SSSR count). The Morgan fingerprint density at radius 2 is 0.958 bits per heavy atom. The van der Waals surface area contributed by atoms with E-state index in [1.807, 2.05) is 36.4 Å².